The minimum atomic E-state index is -0.0428. The van der Waals surface area contributed by atoms with E-state index in [2.05, 4.69) is 12.2 Å². The molecule has 4 atom stereocenters. The van der Waals surface area contributed by atoms with Crippen molar-refractivity contribution in [1.82, 2.24) is 5.32 Å². The Morgan fingerprint density at radius 1 is 1.40 bits per heavy atom. The van der Waals surface area contributed by atoms with Crippen molar-refractivity contribution in [3.05, 3.63) is 0 Å². The summed E-state index contributed by atoms with van der Waals surface area (Å²) in [6.45, 7) is 2.14. The molecule has 2 bridgehead atoms. The molecule has 0 unspecified atom stereocenters. The lowest BCUT2D eigenvalue weighted by Gasteiger charge is -2.31. The van der Waals surface area contributed by atoms with Crippen molar-refractivity contribution in [2.24, 2.45) is 5.92 Å². The highest BCUT2D eigenvalue weighted by Gasteiger charge is 2.37. The highest BCUT2D eigenvalue weighted by molar-refractivity contribution is 4.95. The smallest absolute Gasteiger partial charge is 0.0595 e. The van der Waals surface area contributed by atoms with Crippen LogP contribution in [0.3, 0.4) is 0 Å². The van der Waals surface area contributed by atoms with E-state index in [9.17, 15) is 5.11 Å². The van der Waals surface area contributed by atoms with Crippen molar-refractivity contribution in [2.45, 2.75) is 44.4 Å². The van der Waals surface area contributed by atoms with E-state index in [4.69, 9.17) is 0 Å². The maximum atomic E-state index is 9.52. The molecule has 2 heteroatoms. The van der Waals surface area contributed by atoms with Crippen LogP contribution in [0.4, 0.5) is 0 Å². The van der Waals surface area contributed by atoms with Crippen LogP contribution in [0, 0.1) is 5.92 Å². The van der Waals surface area contributed by atoms with Crippen LogP contribution in [0.2, 0.25) is 0 Å². The van der Waals surface area contributed by atoms with Gasteiger partial charge in [-0.3, -0.25) is 0 Å². The van der Waals surface area contributed by atoms with Crippen LogP contribution >= 0.6 is 0 Å². The zero-order chi connectivity index (χ0) is 7.14. The molecule has 0 amide bonds. The van der Waals surface area contributed by atoms with Gasteiger partial charge in [-0.05, 0) is 25.2 Å². The molecule has 0 spiro atoms. The molecular weight excluding hydrogens is 126 g/mol. The Morgan fingerprint density at radius 2 is 2.20 bits per heavy atom. The van der Waals surface area contributed by atoms with Gasteiger partial charge >= 0.3 is 0 Å². The summed E-state index contributed by atoms with van der Waals surface area (Å²) in [5, 5.41) is 13.0. The SMILES string of the molecule is C[C@H]1[C@H](O)C[C@H]2CC[C@H]1N2. The normalized spacial score (nSPS) is 53.4. The highest BCUT2D eigenvalue weighted by Crippen LogP contribution is 2.30. The molecule has 0 aromatic rings. The summed E-state index contributed by atoms with van der Waals surface area (Å²) in [5.41, 5.74) is 0. The second kappa shape index (κ2) is 2.21. The predicted octanol–water partition coefficient (Wildman–Crippen LogP) is 0.508. The van der Waals surface area contributed by atoms with E-state index in [1.165, 1.54) is 12.8 Å². The van der Waals surface area contributed by atoms with E-state index in [1.54, 1.807) is 0 Å². The number of piperidine rings is 1. The van der Waals surface area contributed by atoms with E-state index in [-0.39, 0.29) is 6.10 Å². The van der Waals surface area contributed by atoms with Gasteiger partial charge in [-0.2, -0.15) is 0 Å². The van der Waals surface area contributed by atoms with Gasteiger partial charge in [0.05, 0.1) is 6.10 Å². The minimum Gasteiger partial charge on any atom is -0.393 e. The fourth-order valence-electron chi connectivity index (χ4n) is 2.23. The van der Waals surface area contributed by atoms with Crippen LogP contribution in [0.15, 0.2) is 0 Å². The van der Waals surface area contributed by atoms with Gasteiger partial charge < -0.3 is 10.4 Å². The molecule has 0 aromatic carbocycles. The molecule has 58 valence electrons. The first-order valence-corrected chi connectivity index (χ1v) is 4.21. The van der Waals surface area contributed by atoms with Crippen molar-refractivity contribution in [3.8, 4) is 0 Å². The van der Waals surface area contributed by atoms with E-state index >= 15 is 0 Å². The molecule has 2 aliphatic rings. The van der Waals surface area contributed by atoms with Gasteiger partial charge in [-0.15, -0.1) is 0 Å². The topological polar surface area (TPSA) is 32.3 Å². The molecule has 2 nitrogen and oxygen atoms in total. The van der Waals surface area contributed by atoms with E-state index in [0.29, 0.717) is 18.0 Å². The molecule has 2 N–H and O–H groups in total. The molecule has 0 saturated carbocycles. The summed E-state index contributed by atoms with van der Waals surface area (Å²) in [6.07, 6.45) is 3.46. The highest BCUT2D eigenvalue weighted by atomic mass is 16.3. The van der Waals surface area contributed by atoms with E-state index < -0.39 is 0 Å². The van der Waals surface area contributed by atoms with Crippen LogP contribution in [0.1, 0.15) is 26.2 Å². The third-order valence-corrected chi connectivity index (χ3v) is 3.04. The molecule has 0 aromatic heterocycles. The Kier molecular flexibility index (Phi) is 1.46. The van der Waals surface area contributed by atoms with Crippen molar-refractivity contribution in [2.75, 3.05) is 0 Å². The van der Waals surface area contributed by atoms with Gasteiger partial charge in [0, 0.05) is 12.1 Å². The largest absolute Gasteiger partial charge is 0.393 e. The quantitative estimate of drug-likeness (QED) is 0.515. The van der Waals surface area contributed by atoms with E-state index in [1.807, 2.05) is 0 Å². The lowest BCUT2D eigenvalue weighted by molar-refractivity contribution is 0.0619. The fraction of sp³-hybridized carbons (Fsp3) is 1.00. The predicted molar refractivity (Wildman–Crippen MR) is 39.7 cm³/mol. The maximum Gasteiger partial charge on any atom is 0.0595 e. The van der Waals surface area contributed by atoms with Gasteiger partial charge in [0.15, 0.2) is 0 Å². The van der Waals surface area contributed by atoms with Gasteiger partial charge in [0.25, 0.3) is 0 Å². The molecule has 2 saturated heterocycles. The number of fused-ring (bicyclic) bond motifs is 2. The van der Waals surface area contributed by atoms with Crippen molar-refractivity contribution in [3.63, 3.8) is 0 Å². The minimum absolute atomic E-state index is 0.0428. The molecule has 0 aliphatic carbocycles. The van der Waals surface area contributed by atoms with Crippen LogP contribution in [-0.4, -0.2) is 23.3 Å². The average molecular weight is 141 g/mol. The summed E-state index contributed by atoms with van der Waals surface area (Å²) in [4.78, 5) is 0. The van der Waals surface area contributed by atoms with Gasteiger partial charge in [-0.25, -0.2) is 0 Å². The average Bonchev–Trinajstić information content (AvgIpc) is 2.29. The molecule has 10 heavy (non-hydrogen) atoms. The van der Waals surface area contributed by atoms with E-state index in [0.717, 1.165) is 6.42 Å². The number of rotatable bonds is 0. The molecule has 2 aliphatic heterocycles. The summed E-state index contributed by atoms with van der Waals surface area (Å²) in [7, 11) is 0. The molecule has 0 radical (unpaired) electrons. The van der Waals surface area contributed by atoms with Crippen molar-refractivity contribution < 1.29 is 5.11 Å². The zero-order valence-electron chi connectivity index (χ0n) is 6.38. The summed E-state index contributed by atoms with van der Waals surface area (Å²) in [5.74, 6) is 0.471. The summed E-state index contributed by atoms with van der Waals surface area (Å²) < 4.78 is 0. The number of hydrogen-bond acceptors (Lipinski definition) is 2. The maximum absolute atomic E-state index is 9.52. The Bertz CT molecular complexity index is 137. The lowest BCUT2D eigenvalue weighted by Crippen LogP contribution is -2.46. The first kappa shape index (κ1) is 6.62. The molecule has 2 rings (SSSR count). The monoisotopic (exact) mass is 141 g/mol. The number of aliphatic hydroxyl groups is 1. The van der Waals surface area contributed by atoms with Crippen LogP contribution in [0.25, 0.3) is 0 Å². The molecule has 2 heterocycles. The van der Waals surface area contributed by atoms with Crippen LogP contribution in [-0.2, 0) is 0 Å². The number of hydrogen-bond donors (Lipinski definition) is 2. The third-order valence-electron chi connectivity index (χ3n) is 3.04. The summed E-state index contributed by atoms with van der Waals surface area (Å²) >= 11 is 0. The van der Waals surface area contributed by atoms with Gasteiger partial charge in [-0.1, -0.05) is 6.92 Å². The lowest BCUT2D eigenvalue weighted by atomic mass is 9.91. The van der Waals surface area contributed by atoms with Crippen LogP contribution in [0.5, 0.6) is 0 Å². The molecule has 2 fully saturated rings. The van der Waals surface area contributed by atoms with Crippen molar-refractivity contribution in [1.29, 1.82) is 0 Å². The Morgan fingerprint density at radius 3 is 3.00 bits per heavy atom. The second-order valence-corrected chi connectivity index (χ2v) is 3.71. The van der Waals surface area contributed by atoms with Crippen molar-refractivity contribution >= 4 is 0 Å². The van der Waals surface area contributed by atoms with Gasteiger partial charge in [0.2, 0.25) is 0 Å². The fourth-order valence-corrected chi connectivity index (χ4v) is 2.23. The first-order valence-electron chi connectivity index (χ1n) is 4.21. The first-order chi connectivity index (χ1) is 4.77. The number of nitrogens with one attached hydrogen (secondary N) is 1. The van der Waals surface area contributed by atoms with Gasteiger partial charge in [0.1, 0.15) is 0 Å². The Labute approximate surface area is 61.6 Å². The zero-order valence-corrected chi connectivity index (χ0v) is 6.38. The third kappa shape index (κ3) is 0.867. The standard InChI is InChI=1S/C8H15NO/c1-5-7-3-2-6(9-7)4-8(5)10/h5-10H,2-4H2,1H3/t5-,6-,7-,8-/m1/s1. The summed E-state index contributed by atoms with van der Waals surface area (Å²) in [6, 6.07) is 1.23. The number of aliphatic hydroxyl groups excluding tert-OH is 1. The Balaban J connectivity index is 2.09. The Hall–Kier alpha value is -0.0800. The second-order valence-electron chi connectivity index (χ2n) is 3.71. The molecular formula is C8H15NO. The van der Waals surface area contributed by atoms with Crippen LogP contribution < -0.4 is 5.32 Å².